The molecule has 1 aromatic carbocycles. The topological polar surface area (TPSA) is 43.8 Å². The van der Waals surface area contributed by atoms with Gasteiger partial charge >= 0.3 is 6.03 Å². The van der Waals surface area contributed by atoms with Crippen LogP contribution in [0, 0.1) is 0 Å². The van der Waals surface area contributed by atoms with Gasteiger partial charge in [-0.05, 0) is 43.9 Å². The van der Waals surface area contributed by atoms with Crippen LogP contribution in [0.15, 0.2) is 24.3 Å². The number of benzene rings is 1. The summed E-state index contributed by atoms with van der Waals surface area (Å²) in [5, 5.41) is 9.30. The van der Waals surface area contributed by atoms with Gasteiger partial charge in [-0.2, -0.15) is 0 Å². The number of carbonyl (C=O) groups is 1. The summed E-state index contributed by atoms with van der Waals surface area (Å²) in [5.41, 5.74) is 1.03. The summed E-state index contributed by atoms with van der Waals surface area (Å²) in [5.74, 6) is 0.251. The summed E-state index contributed by atoms with van der Waals surface area (Å²) >= 11 is 0. The van der Waals surface area contributed by atoms with Crippen LogP contribution >= 0.6 is 0 Å². The van der Waals surface area contributed by atoms with E-state index in [9.17, 15) is 9.90 Å². The number of rotatable bonds is 2. The maximum absolute atomic E-state index is 12.4. The van der Waals surface area contributed by atoms with E-state index in [0.717, 1.165) is 31.5 Å². The molecule has 0 saturated carbocycles. The molecule has 1 aromatic rings. The maximum atomic E-state index is 12.4. The fourth-order valence-electron chi connectivity index (χ4n) is 2.45. The number of phenolic OH excluding ortho intramolecular Hbond substituents is 1. The first kappa shape index (κ1) is 13.7. The molecule has 1 heterocycles. The third kappa shape index (κ3) is 3.19. The average molecular weight is 262 g/mol. The molecule has 19 heavy (non-hydrogen) atoms. The van der Waals surface area contributed by atoms with Crippen LogP contribution in [0.4, 0.5) is 4.79 Å². The number of hydrogen-bond donors (Lipinski definition) is 1. The zero-order chi connectivity index (χ0) is 13.8. The summed E-state index contributed by atoms with van der Waals surface area (Å²) in [4.78, 5) is 16.1. The van der Waals surface area contributed by atoms with E-state index in [4.69, 9.17) is 0 Å². The van der Waals surface area contributed by atoms with E-state index in [1.54, 1.807) is 17.0 Å². The number of phenols is 1. The van der Waals surface area contributed by atoms with Gasteiger partial charge in [0.15, 0.2) is 0 Å². The summed E-state index contributed by atoms with van der Waals surface area (Å²) in [7, 11) is 1.84. The third-order valence-electron chi connectivity index (χ3n) is 3.88. The van der Waals surface area contributed by atoms with Gasteiger partial charge in [-0.25, -0.2) is 4.79 Å². The highest BCUT2D eigenvalue weighted by Crippen LogP contribution is 2.23. The standard InChI is InChI=1S/C15H22N2O2/c1-12(13-6-8-14(18)9-7-13)16(2)15(19)17-10-4-3-5-11-17/h6-9,12,18H,3-5,10-11H2,1-2H3. The molecule has 1 N–H and O–H groups in total. The smallest absolute Gasteiger partial charge is 0.320 e. The van der Waals surface area contributed by atoms with Crippen LogP contribution in [0.1, 0.15) is 37.8 Å². The molecule has 104 valence electrons. The van der Waals surface area contributed by atoms with E-state index in [0.29, 0.717) is 0 Å². The lowest BCUT2D eigenvalue weighted by molar-refractivity contribution is 0.140. The number of amides is 2. The number of nitrogens with zero attached hydrogens (tertiary/aromatic N) is 2. The fraction of sp³-hybridized carbons (Fsp3) is 0.533. The van der Waals surface area contributed by atoms with Gasteiger partial charge in [0.2, 0.25) is 0 Å². The molecule has 1 aliphatic rings. The van der Waals surface area contributed by atoms with Crippen LogP contribution in [0.25, 0.3) is 0 Å². The first-order valence-corrected chi connectivity index (χ1v) is 6.90. The first-order chi connectivity index (χ1) is 9.09. The Hall–Kier alpha value is -1.71. The largest absolute Gasteiger partial charge is 0.508 e. The van der Waals surface area contributed by atoms with Gasteiger partial charge in [0.25, 0.3) is 0 Å². The summed E-state index contributed by atoms with van der Waals surface area (Å²) < 4.78 is 0. The number of hydrogen-bond acceptors (Lipinski definition) is 2. The lowest BCUT2D eigenvalue weighted by Gasteiger charge is -2.34. The van der Waals surface area contributed by atoms with Crippen molar-refractivity contribution >= 4 is 6.03 Å². The van der Waals surface area contributed by atoms with E-state index in [1.165, 1.54) is 6.42 Å². The van der Waals surface area contributed by atoms with Crippen LogP contribution in [0.2, 0.25) is 0 Å². The van der Waals surface area contributed by atoms with Crippen LogP contribution in [-0.2, 0) is 0 Å². The van der Waals surface area contributed by atoms with Crippen molar-refractivity contribution in [1.82, 2.24) is 9.80 Å². The molecule has 4 heteroatoms. The van der Waals surface area contributed by atoms with Crippen molar-refractivity contribution in [3.63, 3.8) is 0 Å². The van der Waals surface area contributed by atoms with Crippen molar-refractivity contribution in [1.29, 1.82) is 0 Å². The highest BCUT2D eigenvalue weighted by atomic mass is 16.3. The zero-order valence-corrected chi connectivity index (χ0v) is 11.7. The van der Waals surface area contributed by atoms with Crippen molar-refractivity contribution in [3.8, 4) is 5.75 Å². The van der Waals surface area contributed by atoms with Gasteiger partial charge in [0.1, 0.15) is 5.75 Å². The molecule has 1 aliphatic heterocycles. The molecular weight excluding hydrogens is 240 g/mol. The van der Waals surface area contributed by atoms with Crippen LogP contribution < -0.4 is 0 Å². The number of aromatic hydroxyl groups is 1. The minimum atomic E-state index is 0.00928. The highest BCUT2D eigenvalue weighted by molar-refractivity contribution is 5.74. The molecule has 0 spiro atoms. The summed E-state index contributed by atoms with van der Waals surface area (Å²) in [6.45, 7) is 3.74. The van der Waals surface area contributed by atoms with E-state index < -0.39 is 0 Å². The first-order valence-electron chi connectivity index (χ1n) is 6.90. The Kier molecular flexibility index (Phi) is 4.30. The van der Waals surface area contributed by atoms with Crippen molar-refractivity contribution in [2.75, 3.05) is 20.1 Å². The molecule has 1 fully saturated rings. The van der Waals surface area contributed by atoms with Gasteiger partial charge < -0.3 is 14.9 Å². The minimum Gasteiger partial charge on any atom is -0.508 e. The Labute approximate surface area is 114 Å². The molecule has 1 saturated heterocycles. The van der Waals surface area contributed by atoms with Gasteiger partial charge in [0.05, 0.1) is 6.04 Å². The summed E-state index contributed by atoms with van der Waals surface area (Å²) in [6.07, 6.45) is 3.43. The number of carbonyl (C=O) groups excluding carboxylic acids is 1. The molecule has 0 bridgehead atoms. The second-order valence-electron chi connectivity index (χ2n) is 5.21. The predicted molar refractivity (Wildman–Crippen MR) is 75.1 cm³/mol. The maximum Gasteiger partial charge on any atom is 0.320 e. The van der Waals surface area contributed by atoms with Crippen LogP contribution in [-0.4, -0.2) is 41.1 Å². The van der Waals surface area contributed by atoms with Gasteiger partial charge in [-0.15, -0.1) is 0 Å². The molecule has 0 radical (unpaired) electrons. The molecule has 4 nitrogen and oxygen atoms in total. The van der Waals surface area contributed by atoms with E-state index in [-0.39, 0.29) is 17.8 Å². The number of urea groups is 1. The normalized spacial score (nSPS) is 17.1. The molecular formula is C15H22N2O2. The Morgan fingerprint density at radius 1 is 1.21 bits per heavy atom. The molecule has 2 amide bonds. The van der Waals surface area contributed by atoms with Crippen molar-refractivity contribution < 1.29 is 9.90 Å². The van der Waals surface area contributed by atoms with Crippen LogP contribution in [0.5, 0.6) is 5.75 Å². The van der Waals surface area contributed by atoms with Gasteiger partial charge in [-0.1, -0.05) is 12.1 Å². The SMILES string of the molecule is CC(c1ccc(O)cc1)N(C)C(=O)N1CCCCC1. The second kappa shape index (κ2) is 5.95. The molecule has 1 atom stereocenters. The fourth-order valence-corrected chi connectivity index (χ4v) is 2.45. The minimum absolute atomic E-state index is 0.00928. The Morgan fingerprint density at radius 2 is 1.79 bits per heavy atom. The monoisotopic (exact) mass is 262 g/mol. The lowest BCUT2D eigenvalue weighted by Crippen LogP contribution is -2.44. The van der Waals surface area contributed by atoms with Crippen molar-refractivity contribution in [2.24, 2.45) is 0 Å². The average Bonchev–Trinajstić information content (AvgIpc) is 2.46. The van der Waals surface area contributed by atoms with Crippen molar-refractivity contribution in [2.45, 2.75) is 32.2 Å². The Bertz CT molecular complexity index is 424. The quantitative estimate of drug-likeness (QED) is 0.890. The molecule has 0 aliphatic carbocycles. The predicted octanol–water partition coefficient (Wildman–Crippen LogP) is 2.99. The highest BCUT2D eigenvalue weighted by Gasteiger charge is 2.23. The Morgan fingerprint density at radius 3 is 2.37 bits per heavy atom. The van der Waals surface area contributed by atoms with E-state index in [1.807, 2.05) is 31.0 Å². The number of piperidine rings is 1. The van der Waals surface area contributed by atoms with E-state index >= 15 is 0 Å². The Balaban J connectivity index is 2.03. The van der Waals surface area contributed by atoms with Gasteiger partial charge in [0, 0.05) is 20.1 Å². The van der Waals surface area contributed by atoms with Gasteiger partial charge in [-0.3, -0.25) is 0 Å². The number of likely N-dealkylation sites (tertiary alicyclic amines) is 1. The molecule has 2 rings (SSSR count). The molecule has 0 aromatic heterocycles. The second-order valence-corrected chi connectivity index (χ2v) is 5.21. The third-order valence-corrected chi connectivity index (χ3v) is 3.88. The molecule has 1 unspecified atom stereocenters. The summed E-state index contributed by atoms with van der Waals surface area (Å²) in [6, 6.07) is 7.14. The zero-order valence-electron chi connectivity index (χ0n) is 11.7. The lowest BCUT2D eigenvalue weighted by atomic mass is 10.1. The van der Waals surface area contributed by atoms with Crippen LogP contribution in [0.3, 0.4) is 0 Å². The van der Waals surface area contributed by atoms with Crippen molar-refractivity contribution in [3.05, 3.63) is 29.8 Å². The van der Waals surface area contributed by atoms with E-state index in [2.05, 4.69) is 0 Å².